The molecular formula is C15H15N3O2. The third-order valence-electron chi connectivity index (χ3n) is 2.53. The van der Waals surface area contributed by atoms with E-state index >= 15 is 0 Å². The van der Waals surface area contributed by atoms with Gasteiger partial charge in [0.2, 0.25) is 5.88 Å². The van der Waals surface area contributed by atoms with Crippen LogP contribution in [0.5, 0.6) is 11.6 Å². The first-order valence-electron chi connectivity index (χ1n) is 6.32. The van der Waals surface area contributed by atoms with Crippen LogP contribution in [0.1, 0.15) is 24.0 Å². The van der Waals surface area contributed by atoms with Crippen molar-refractivity contribution in [1.82, 2.24) is 9.97 Å². The van der Waals surface area contributed by atoms with Gasteiger partial charge in [0.15, 0.2) is 5.82 Å². The van der Waals surface area contributed by atoms with Crippen molar-refractivity contribution in [2.24, 2.45) is 0 Å². The average molecular weight is 269 g/mol. The second-order valence-electron chi connectivity index (χ2n) is 4.11. The summed E-state index contributed by atoms with van der Waals surface area (Å²) in [5, 5.41) is 9.04. The van der Waals surface area contributed by atoms with Gasteiger partial charge in [-0.05, 0) is 26.0 Å². The van der Waals surface area contributed by atoms with Crippen LogP contribution >= 0.6 is 0 Å². The minimum atomic E-state index is 0.342. The van der Waals surface area contributed by atoms with Crippen LogP contribution in [-0.2, 0) is 11.3 Å². The molecule has 2 aromatic rings. The Morgan fingerprint density at radius 1 is 1.25 bits per heavy atom. The molecule has 1 heterocycles. The van der Waals surface area contributed by atoms with Gasteiger partial charge < -0.3 is 9.47 Å². The monoisotopic (exact) mass is 269 g/mol. The fourth-order valence-electron chi connectivity index (χ4n) is 1.67. The molecule has 0 saturated carbocycles. The highest BCUT2D eigenvalue weighted by atomic mass is 16.5. The second kappa shape index (κ2) is 6.64. The first-order valence-corrected chi connectivity index (χ1v) is 6.32. The lowest BCUT2D eigenvalue weighted by atomic mass is 10.2. The Hall–Kier alpha value is -2.45. The van der Waals surface area contributed by atoms with Gasteiger partial charge in [0.25, 0.3) is 0 Å². The Balaban J connectivity index is 2.25. The van der Waals surface area contributed by atoms with E-state index in [4.69, 9.17) is 14.7 Å². The van der Waals surface area contributed by atoms with E-state index in [1.54, 1.807) is 24.3 Å². The van der Waals surface area contributed by atoms with Crippen LogP contribution < -0.4 is 4.74 Å². The molecule has 0 amide bonds. The van der Waals surface area contributed by atoms with Crippen molar-refractivity contribution in [3.63, 3.8) is 0 Å². The summed E-state index contributed by atoms with van der Waals surface area (Å²) in [5.41, 5.74) is 1.26. The van der Waals surface area contributed by atoms with E-state index in [9.17, 15) is 0 Å². The molecule has 0 bridgehead atoms. The zero-order valence-electron chi connectivity index (χ0n) is 11.5. The lowest BCUT2D eigenvalue weighted by Crippen LogP contribution is -2.02. The van der Waals surface area contributed by atoms with Gasteiger partial charge >= 0.3 is 0 Å². The summed E-state index contributed by atoms with van der Waals surface area (Å²) in [4.78, 5) is 8.55. The maximum Gasteiger partial charge on any atom is 0.222 e. The third kappa shape index (κ3) is 3.53. The number of nitrogens with zero attached hydrogens (tertiary/aromatic N) is 3. The quantitative estimate of drug-likeness (QED) is 0.834. The zero-order chi connectivity index (χ0) is 14.4. The van der Waals surface area contributed by atoms with Gasteiger partial charge in [-0.25, -0.2) is 4.98 Å². The molecule has 2 rings (SSSR count). The lowest BCUT2D eigenvalue weighted by Gasteiger charge is -2.08. The maximum atomic E-state index is 9.04. The van der Waals surface area contributed by atoms with Gasteiger partial charge in [-0.2, -0.15) is 10.2 Å². The summed E-state index contributed by atoms with van der Waals surface area (Å²) < 4.78 is 11.0. The molecule has 1 aromatic carbocycles. The highest BCUT2D eigenvalue weighted by molar-refractivity contribution is 5.44. The number of rotatable bonds is 5. The number of aryl methyl sites for hydroxylation is 1. The van der Waals surface area contributed by atoms with Crippen LogP contribution in [0.3, 0.4) is 0 Å². The molecule has 0 unspecified atom stereocenters. The first kappa shape index (κ1) is 14.0. The largest absolute Gasteiger partial charge is 0.438 e. The van der Waals surface area contributed by atoms with E-state index in [0.29, 0.717) is 36.2 Å². The SMILES string of the molecule is CCOCc1nc(C)cc(Oc2ccccc2C#N)n1. The van der Waals surface area contributed by atoms with Crippen LogP contribution in [0.2, 0.25) is 0 Å². The zero-order valence-corrected chi connectivity index (χ0v) is 11.5. The second-order valence-corrected chi connectivity index (χ2v) is 4.11. The number of ether oxygens (including phenoxy) is 2. The fraction of sp³-hybridized carbons (Fsp3) is 0.267. The summed E-state index contributed by atoms with van der Waals surface area (Å²) in [6, 6.07) is 10.8. The molecule has 0 spiro atoms. The van der Waals surface area contributed by atoms with Crippen LogP contribution in [0.25, 0.3) is 0 Å². The topological polar surface area (TPSA) is 68.0 Å². The minimum Gasteiger partial charge on any atom is -0.438 e. The van der Waals surface area contributed by atoms with Crippen LogP contribution in [-0.4, -0.2) is 16.6 Å². The Kier molecular flexibility index (Phi) is 4.64. The first-order chi connectivity index (χ1) is 9.72. The van der Waals surface area contributed by atoms with Crippen LogP contribution in [0.4, 0.5) is 0 Å². The molecule has 102 valence electrons. The number of benzene rings is 1. The van der Waals surface area contributed by atoms with Gasteiger partial charge in [0.1, 0.15) is 18.4 Å². The maximum absolute atomic E-state index is 9.04. The van der Waals surface area contributed by atoms with E-state index in [2.05, 4.69) is 16.0 Å². The summed E-state index contributed by atoms with van der Waals surface area (Å²) in [6.07, 6.45) is 0. The molecular weight excluding hydrogens is 254 g/mol. The number of para-hydroxylation sites is 1. The van der Waals surface area contributed by atoms with Crippen molar-refractivity contribution in [2.75, 3.05) is 6.61 Å². The number of nitriles is 1. The van der Waals surface area contributed by atoms with E-state index < -0.39 is 0 Å². The Labute approximate surface area is 117 Å². The summed E-state index contributed by atoms with van der Waals surface area (Å²) in [5.74, 6) is 1.46. The summed E-state index contributed by atoms with van der Waals surface area (Å²) in [6.45, 7) is 4.72. The molecule has 0 radical (unpaired) electrons. The van der Waals surface area contributed by atoms with E-state index in [0.717, 1.165) is 5.69 Å². The molecule has 0 saturated heterocycles. The molecule has 1 aromatic heterocycles. The highest BCUT2D eigenvalue weighted by Crippen LogP contribution is 2.23. The smallest absolute Gasteiger partial charge is 0.222 e. The normalized spacial score (nSPS) is 10.1. The van der Waals surface area contributed by atoms with E-state index in [-0.39, 0.29) is 0 Å². The number of hydrogen-bond donors (Lipinski definition) is 0. The molecule has 0 N–H and O–H groups in total. The van der Waals surface area contributed by atoms with Gasteiger partial charge in [0, 0.05) is 18.4 Å². The minimum absolute atomic E-state index is 0.342. The number of hydrogen-bond acceptors (Lipinski definition) is 5. The summed E-state index contributed by atoms with van der Waals surface area (Å²) in [7, 11) is 0. The van der Waals surface area contributed by atoms with Crippen molar-refractivity contribution < 1.29 is 9.47 Å². The van der Waals surface area contributed by atoms with E-state index in [1.807, 2.05) is 19.9 Å². The van der Waals surface area contributed by atoms with Crippen LogP contribution in [0.15, 0.2) is 30.3 Å². The van der Waals surface area contributed by atoms with Crippen LogP contribution in [0, 0.1) is 18.3 Å². The molecule has 0 atom stereocenters. The van der Waals surface area contributed by atoms with Gasteiger partial charge in [-0.15, -0.1) is 0 Å². The van der Waals surface area contributed by atoms with Gasteiger partial charge in [-0.3, -0.25) is 0 Å². The van der Waals surface area contributed by atoms with Crippen molar-refractivity contribution in [2.45, 2.75) is 20.5 Å². The van der Waals surface area contributed by atoms with Crippen molar-refractivity contribution in [3.8, 4) is 17.7 Å². The predicted octanol–water partition coefficient (Wildman–Crippen LogP) is 2.99. The van der Waals surface area contributed by atoms with Gasteiger partial charge in [0.05, 0.1) is 5.56 Å². The highest BCUT2D eigenvalue weighted by Gasteiger charge is 2.07. The Bertz CT molecular complexity index is 635. The van der Waals surface area contributed by atoms with E-state index in [1.165, 1.54) is 0 Å². The molecule has 5 heteroatoms. The Morgan fingerprint density at radius 3 is 2.80 bits per heavy atom. The molecule has 0 fully saturated rings. The van der Waals surface area contributed by atoms with Gasteiger partial charge in [-0.1, -0.05) is 12.1 Å². The molecule has 0 aliphatic heterocycles. The Morgan fingerprint density at radius 2 is 2.05 bits per heavy atom. The standard InChI is InChI=1S/C15H15N3O2/c1-3-19-10-14-17-11(2)8-15(18-14)20-13-7-5-4-6-12(13)9-16/h4-8H,3,10H2,1-2H3. The molecule has 20 heavy (non-hydrogen) atoms. The van der Waals surface area contributed by atoms with Crippen molar-refractivity contribution in [1.29, 1.82) is 5.26 Å². The molecule has 5 nitrogen and oxygen atoms in total. The fourth-order valence-corrected chi connectivity index (χ4v) is 1.67. The molecule has 0 aliphatic carbocycles. The molecule has 0 aliphatic rings. The average Bonchev–Trinajstić information content (AvgIpc) is 2.45. The predicted molar refractivity (Wildman–Crippen MR) is 73.3 cm³/mol. The lowest BCUT2D eigenvalue weighted by molar-refractivity contribution is 0.127. The van der Waals surface area contributed by atoms with Crippen molar-refractivity contribution >= 4 is 0 Å². The third-order valence-corrected chi connectivity index (χ3v) is 2.53. The van der Waals surface area contributed by atoms with Crippen molar-refractivity contribution in [3.05, 3.63) is 47.4 Å². The summed E-state index contributed by atoms with van der Waals surface area (Å²) >= 11 is 0. The number of aromatic nitrogens is 2.